The molecule has 2 atom stereocenters. The number of carbonyl (C=O) groups excluding carboxylic acids is 1. The van der Waals surface area contributed by atoms with Gasteiger partial charge in [0.05, 0.1) is 32.4 Å². The minimum Gasteiger partial charge on any atom is -0.415 e. The van der Waals surface area contributed by atoms with Crippen LogP contribution in [0.1, 0.15) is 20.8 Å². The van der Waals surface area contributed by atoms with E-state index in [2.05, 4.69) is 46.5 Å². The molecule has 0 N–H and O–H groups in total. The molecule has 2 rings (SSSR count). The molecule has 0 aliphatic carbocycles. The molecule has 1 fully saturated rings. The first-order valence-corrected chi connectivity index (χ1v) is 12.4. The van der Waals surface area contributed by atoms with Gasteiger partial charge in [0.15, 0.2) is 8.32 Å². The molecule has 0 aromatic rings. The van der Waals surface area contributed by atoms with Crippen LogP contribution in [0.3, 0.4) is 0 Å². The monoisotopic (exact) mass is 382 g/mol. The lowest BCUT2D eigenvalue weighted by Crippen LogP contribution is -2.45. The van der Waals surface area contributed by atoms with E-state index in [0.29, 0.717) is 26.4 Å². The van der Waals surface area contributed by atoms with Gasteiger partial charge in [-0.15, -0.1) is 6.58 Å². The summed E-state index contributed by atoms with van der Waals surface area (Å²) < 4.78 is 11.7. The Morgan fingerprint density at radius 2 is 2.08 bits per heavy atom. The third kappa shape index (κ3) is 5.19. The van der Waals surface area contributed by atoms with E-state index >= 15 is 0 Å². The van der Waals surface area contributed by atoms with Crippen molar-refractivity contribution >= 4 is 14.3 Å². The van der Waals surface area contributed by atoms with Crippen LogP contribution in [-0.2, 0) is 14.0 Å². The minimum absolute atomic E-state index is 0.0759. The molecule has 148 valence electrons. The number of amides is 2. The van der Waals surface area contributed by atoms with E-state index in [-0.39, 0.29) is 23.5 Å². The quantitative estimate of drug-likeness (QED) is 0.453. The molecule has 0 aromatic carbocycles. The van der Waals surface area contributed by atoms with Crippen molar-refractivity contribution in [3.63, 3.8) is 0 Å². The number of nitrogens with zero attached hydrogens (tertiary/aromatic N) is 2. The fraction of sp³-hybridized carbons (Fsp3) is 0.737. The van der Waals surface area contributed by atoms with Crippen LogP contribution in [0.2, 0.25) is 19.1 Å². The SMILES string of the molecule is C=CCON1C(=O)N2CC1C(COC)=C[C@H]2CO[Si](C)(C)CC(C)(C)C. The van der Waals surface area contributed by atoms with Crippen LogP contribution in [-0.4, -0.2) is 69.9 Å². The highest BCUT2D eigenvalue weighted by Gasteiger charge is 2.46. The smallest absolute Gasteiger partial charge is 0.345 e. The van der Waals surface area contributed by atoms with E-state index in [0.717, 1.165) is 11.6 Å². The fourth-order valence-electron chi connectivity index (χ4n) is 3.96. The predicted octanol–water partition coefficient (Wildman–Crippen LogP) is 3.43. The molecule has 0 radical (unpaired) electrons. The molecular formula is C19H34N2O4Si. The number of urea groups is 1. The average Bonchev–Trinajstić information content (AvgIpc) is 2.78. The summed E-state index contributed by atoms with van der Waals surface area (Å²) in [5.74, 6) is 0. The summed E-state index contributed by atoms with van der Waals surface area (Å²) in [5, 5.41) is 1.46. The molecule has 2 aliphatic heterocycles. The Bertz CT molecular complexity index is 556. The molecule has 6 nitrogen and oxygen atoms in total. The number of fused-ring (bicyclic) bond motifs is 2. The van der Waals surface area contributed by atoms with Gasteiger partial charge in [0, 0.05) is 7.11 Å². The molecule has 2 amide bonds. The maximum absolute atomic E-state index is 12.8. The molecule has 2 aliphatic rings. The van der Waals surface area contributed by atoms with E-state index < -0.39 is 8.32 Å². The van der Waals surface area contributed by atoms with Gasteiger partial charge in [0.2, 0.25) is 0 Å². The maximum Gasteiger partial charge on any atom is 0.345 e. The molecule has 0 saturated carbocycles. The van der Waals surface area contributed by atoms with Crippen LogP contribution in [0.4, 0.5) is 4.79 Å². The molecule has 7 heteroatoms. The Labute approximate surface area is 158 Å². The van der Waals surface area contributed by atoms with Crippen LogP contribution in [0, 0.1) is 5.41 Å². The lowest BCUT2D eigenvalue weighted by atomic mass is 10.0. The largest absolute Gasteiger partial charge is 0.415 e. The van der Waals surface area contributed by atoms with E-state index in [4.69, 9.17) is 14.0 Å². The van der Waals surface area contributed by atoms with Crippen molar-refractivity contribution in [2.24, 2.45) is 5.41 Å². The van der Waals surface area contributed by atoms with Crippen LogP contribution < -0.4 is 0 Å². The van der Waals surface area contributed by atoms with Gasteiger partial charge in [0.25, 0.3) is 0 Å². The van der Waals surface area contributed by atoms with Crippen molar-refractivity contribution in [1.82, 2.24) is 9.96 Å². The zero-order valence-corrected chi connectivity index (χ0v) is 18.1. The molecule has 0 spiro atoms. The summed E-state index contributed by atoms with van der Waals surface area (Å²) in [5.41, 5.74) is 1.31. The highest BCUT2D eigenvalue weighted by Crippen LogP contribution is 2.32. The lowest BCUT2D eigenvalue weighted by Gasteiger charge is -2.34. The van der Waals surface area contributed by atoms with Gasteiger partial charge in [-0.3, -0.25) is 4.84 Å². The van der Waals surface area contributed by atoms with Crippen LogP contribution >= 0.6 is 0 Å². The van der Waals surface area contributed by atoms with E-state index in [9.17, 15) is 4.79 Å². The van der Waals surface area contributed by atoms with Crippen LogP contribution in [0.5, 0.6) is 0 Å². The second-order valence-electron chi connectivity index (χ2n) is 8.91. The van der Waals surface area contributed by atoms with Crippen molar-refractivity contribution in [2.45, 2.75) is 52.0 Å². The summed E-state index contributed by atoms with van der Waals surface area (Å²) in [4.78, 5) is 20.2. The Balaban J connectivity index is 2.10. The van der Waals surface area contributed by atoms with Gasteiger partial charge in [0.1, 0.15) is 6.04 Å². The van der Waals surface area contributed by atoms with Gasteiger partial charge in [-0.25, -0.2) is 4.79 Å². The zero-order chi connectivity index (χ0) is 19.5. The summed E-state index contributed by atoms with van der Waals surface area (Å²) in [6.45, 7) is 16.8. The number of rotatable bonds is 9. The zero-order valence-electron chi connectivity index (χ0n) is 17.1. The molecule has 0 aromatic heterocycles. The van der Waals surface area contributed by atoms with Crippen molar-refractivity contribution in [2.75, 3.05) is 33.5 Å². The Hall–Kier alpha value is -1.15. The van der Waals surface area contributed by atoms with Crippen molar-refractivity contribution in [3.8, 4) is 0 Å². The van der Waals surface area contributed by atoms with Gasteiger partial charge in [-0.1, -0.05) is 32.9 Å². The van der Waals surface area contributed by atoms with Crippen molar-refractivity contribution in [3.05, 3.63) is 24.3 Å². The number of hydroxylamine groups is 2. The summed E-state index contributed by atoms with van der Waals surface area (Å²) in [6.07, 6.45) is 3.76. The van der Waals surface area contributed by atoms with Gasteiger partial charge in [-0.2, -0.15) is 5.06 Å². The number of hydrogen-bond acceptors (Lipinski definition) is 4. The molecule has 1 unspecified atom stereocenters. The van der Waals surface area contributed by atoms with Crippen LogP contribution in [0.15, 0.2) is 24.3 Å². The normalized spacial score (nSPS) is 23.5. The molecule has 1 saturated heterocycles. The lowest BCUT2D eigenvalue weighted by molar-refractivity contribution is -0.111. The average molecular weight is 383 g/mol. The topological polar surface area (TPSA) is 51.2 Å². The standard InChI is InChI=1S/C19H34N2O4Si/c1-8-9-24-21-17-11-20(18(21)22)16(10-15(17)12-23-5)13-25-26(6,7)14-19(2,3)4/h8,10,16-17H,1,9,11-14H2,2-7H3/t16-,17?/m0/s1. The third-order valence-electron chi connectivity index (χ3n) is 4.57. The summed E-state index contributed by atoms with van der Waals surface area (Å²) in [6, 6.07) is 0.793. The first-order valence-electron chi connectivity index (χ1n) is 9.25. The predicted molar refractivity (Wildman–Crippen MR) is 105 cm³/mol. The first kappa shape index (κ1) is 21.2. The van der Waals surface area contributed by atoms with Crippen molar-refractivity contribution in [1.29, 1.82) is 0 Å². The second-order valence-corrected chi connectivity index (χ2v) is 13.1. The highest BCUT2D eigenvalue weighted by atomic mass is 28.4. The highest BCUT2D eigenvalue weighted by molar-refractivity contribution is 6.71. The van der Waals surface area contributed by atoms with E-state index in [1.165, 1.54) is 5.06 Å². The molecule has 2 heterocycles. The van der Waals surface area contributed by atoms with Crippen molar-refractivity contribution < 1.29 is 18.8 Å². The van der Waals surface area contributed by atoms with Crippen LogP contribution in [0.25, 0.3) is 0 Å². The molecule has 26 heavy (non-hydrogen) atoms. The number of carbonyl (C=O) groups is 1. The number of ether oxygens (including phenoxy) is 1. The molecular weight excluding hydrogens is 348 g/mol. The minimum atomic E-state index is -1.81. The second kappa shape index (κ2) is 8.25. The first-order chi connectivity index (χ1) is 12.1. The van der Waals surface area contributed by atoms with Gasteiger partial charge >= 0.3 is 6.03 Å². The Kier molecular flexibility index (Phi) is 6.71. The molecule has 2 bridgehead atoms. The summed E-state index contributed by atoms with van der Waals surface area (Å²) >= 11 is 0. The number of methoxy groups -OCH3 is 1. The van der Waals surface area contributed by atoms with Gasteiger partial charge < -0.3 is 14.1 Å². The van der Waals surface area contributed by atoms with E-state index in [1.54, 1.807) is 13.2 Å². The summed E-state index contributed by atoms with van der Waals surface area (Å²) in [7, 11) is -0.138. The Morgan fingerprint density at radius 3 is 2.65 bits per heavy atom. The Morgan fingerprint density at radius 1 is 1.38 bits per heavy atom. The number of hydrogen-bond donors (Lipinski definition) is 0. The maximum atomic E-state index is 12.8. The van der Waals surface area contributed by atoms with E-state index in [1.807, 2.05) is 4.90 Å². The van der Waals surface area contributed by atoms with Gasteiger partial charge in [-0.05, 0) is 30.1 Å². The third-order valence-corrected chi connectivity index (χ3v) is 7.43. The fourth-order valence-corrected chi connectivity index (χ4v) is 7.24.